The first-order valence-corrected chi connectivity index (χ1v) is 4.56. The molecule has 0 aromatic rings. The van der Waals surface area contributed by atoms with Gasteiger partial charge >= 0.3 is 0 Å². The summed E-state index contributed by atoms with van der Waals surface area (Å²) in [4.78, 5) is 2.06. The van der Waals surface area contributed by atoms with Crippen molar-refractivity contribution in [1.29, 1.82) is 0 Å². The molecular formula is C9H23NO2. The van der Waals surface area contributed by atoms with Gasteiger partial charge in [0.05, 0.1) is 19.3 Å². The molecule has 0 aliphatic rings. The SMILES string of the molecule is CC.CCN(C)C(CO)COC. The predicted molar refractivity (Wildman–Crippen MR) is 52.4 cm³/mol. The third-order valence-corrected chi connectivity index (χ3v) is 1.69. The van der Waals surface area contributed by atoms with Crippen LogP contribution in [0, 0.1) is 0 Å². The molecule has 0 amide bonds. The molecule has 0 aliphatic heterocycles. The van der Waals surface area contributed by atoms with E-state index >= 15 is 0 Å². The summed E-state index contributed by atoms with van der Waals surface area (Å²) in [6.45, 7) is 7.76. The Bertz CT molecular complexity index is 78.9. The van der Waals surface area contributed by atoms with Gasteiger partial charge in [-0.25, -0.2) is 0 Å². The molecule has 0 rings (SSSR count). The summed E-state index contributed by atoms with van der Waals surface area (Å²) < 4.78 is 4.92. The molecule has 0 spiro atoms. The van der Waals surface area contributed by atoms with Crippen LogP contribution in [0.25, 0.3) is 0 Å². The van der Waals surface area contributed by atoms with Crippen LogP contribution in [0.4, 0.5) is 0 Å². The van der Waals surface area contributed by atoms with E-state index in [1.165, 1.54) is 0 Å². The second kappa shape index (κ2) is 10.9. The first-order valence-electron chi connectivity index (χ1n) is 4.56. The summed E-state index contributed by atoms with van der Waals surface area (Å²) >= 11 is 0. The summed E-state index contributed by atoms with van der Waals surface area (Å²) in [6, 6.07) is 0.148. The lowest BCUT2D eigenvalue weighted by Gasteiger charge is -2.23. The highest BCUT2D eigenvalue weighted by molar-refractivity contribution is 4.64. The minimum atomic E-state index is 0.148. The average molecular weight is 177 g/mol. The fraction of sp³-hybridized carbons (Fsp3) is 1.00. The Morgan fingerprint density at radius 2 is 1.92 bits per heavy atom. The molecule has 0 heterocycles. The zero-order chi connectivity index (χ0) is 9.98. The van der Waals surface area contributed by atoms with E-state index in [1.54, 1.807) is 7.11 Å². The number of hydrogen-bond donors (Lipinski definition) is 1. The minimum absolute atomic E-state index is 0.148. The van der Waals surface area contributed by atoms with Crippen molar-refractivity contribution in [3.8, 4) is 0 Å². The van der Waals surface area contributed by atoms with Crippen molar-refractivity contribution in [1.82, 2.24) is 4.90 Å². The maximum Gasteiger partial charge on any atom is 0.0640 e. The van der Waals surface area contributed by atoms with Gasteiger partial charge in [0.2, 0.25) is 0 Å². The van der Waals surface area contributed by atoms with Gasteiger partial charge in [0, 0.05) is 7.11 Å². The normalized spacial score (nSPS) is 12.2. The van der Waals surface area contributed by atoms with Gasteiger partial charge in [0.15, 0.2) is 0 Å². The van der Waals surface area contributed by atoms with Gasteiger partial charge in [0.1, 0.15) is 0 Å². The van der Waals surface area contributed by atoms with Crippen molar-refractivity contribution in [2.75, 3.05) is 33.9 Å². The number of aliphatic hydroxyl groups excluding tert-OH is 1. The number of methoxy groups -OCH3 is 1. The van der Waals surface area contributed by atoms with E-state index < -0.39 is 0 Å². The molecule has 0 saturated heterocycles. The van der Waals surface area contributed by atoms with Crippen LogP contribution in [-0.2, 0) is 4.74 Å². The Hall–Kier alpha value is -0.120. The zero-order valence-electron chi connectivity index (χ0n) is 9.00. The molecule has 0 radical (unpaired) electrons. The number of hydrogen-bond acceptors (Lipinski definition) is 3. The van der Waals surface area contributed by atoms with Crippen molar-refractivity contribution in [2.45, 2.75) is 26.8 Å². The van der Waals surface area contributed by atoms with E-state index in [2.05, 4.69) is 11.8 Å². The number of rotatable bonds is 5. The lowest BCUT2D eigenvalue weighted by atomic mass is 10.3. The maximum absolute atomic E-state index is 8.84. The third kappa shape index (κ3) is 6.58. The Balaban J connectivity index is 0. The van der Waals surface area contributed by atoms with E-state index in [0.717, 1.165) is 6.54 Å². The molecule has 12 heavy (non-hydrogen) atoms. The smallest absolute Gasteiger partial charge is 0.0640 e. The highest BCUT2D eigenvalue weighted by Crippen LogP contribution is 1.94. The molecule has 0 fully saturated rings. The van der Waals surface area contributed by atoms with E-state index in [-0.39, 0.29) is 12.6 Å². The molecular weight excluding hydrogens is 154 g/mol. The third-order valence-electron chi connectivity index (χ3n) is 1.69. The Kier molecular flexibility index (Phi) is 13.1. The predicted octanol–water partition coefficient (Wildman–Crippen LogP) is 0.972. The van der Waals surface area contributed by atoms with Crippen LogP contribution in [0.3, 0.4) is 0 Å². The fourth-order valence-electron chi connectivity index (χ4n) is 0.770. The number of likely N-dealkylation sites (N-methyl/N-ethyl adjacent to an activating group) is 1. The second-order valence-electron chi connectivity index (χ2n) is 2.36. The summed E-state index contributed by atoms with van der Waals surface area (Å²) in [7, 11) is 3.62. The van der Waals surface area contributed by atoms with Gasteiger partial charge in [0.25, 0.3) is 0 Å². The molecule has 1 unspecified atom stereocenters. The highest BCUT2D eigenvalue weighted by atomic mass is 16.5. The lowest BCUT2D eigenvalue weighted by molar-refractivity contribution is 0.0694. The molecule has 0 bridgehead atoms. The number of aliphatic hydroxyl groups is 1. The summed E-state index contributed by atoms with van der Waals surface area (Å²) in [5, 5.41) is 8.84. The summed E-state index contributed by atoms with van der Waals surface area (Å²) in [6.07, 6.45) is 0. The van der Waals surface area contributed by atoms with Crippen molar-refractivity contribution >= 4 is 0 Å². The van der Waals surface area contributed by atoms with Crippen LogP contribution < -0.4 is 0 Å². The van der Waals surface area contributed by atoms with Gasteiger partial charge < -0.3 is 9.84 Å². The Morgan fingerprint density at radius 1 is 1.42 bits per heavy atom. The van der Waals surface area contributed by atoms with Gasteiger partial charge in [-0.2, -0.15) is 0 Å². The lowest BCUT2D eigenvalue weighted by Crippen LogP contribution is -2.37. The average Bonchev–Trinajstić information content (AvgIpc) is 2.16. The van der Waals surface area contributed by atoms with Crippen molar-refractivity contribution in [2.24, 2.45) is 0 Å². The van der Waals surface area contributed by atoms with Crippen LogP contribution in [-0.4, -0.2) is 50.0 Å². The van der Waals surface area contributed by atoms with E-state index in [1.807, 2.05) is 20.9 Å². The zero-order valence-corrected chi connectivity index (χ0v) is 9.00. The van der Waals surface area contributed by atoms with E-state index in [4.69, 9.17) is 9.84 Å². The topological polar surface area (TPSA) is 32.7 Å². The molecule has 0 aromatic heterocycles. The van der Waals surface area contributed by atoms with Crippen molar-refractivity contribution in [3.63, 3.8) is 0 Å². The molecule has 3 heteroatoms. The maximum atomic E-state index is 8.84. The van der Waals surface area contributed by atoms with Crippen LogP contribution in [0.2, 0.25) is 0 Å². The van der Waals surface area contributed by atoms with Crippen molar-refractivity contribution < 1.29 is 9.84 Å². The molecule has 1 atom stereocenters. The first kappa shape index (κ1) is 14.4. The van der Waals surface area contributed by atoms with E-state index in [9.17, 15) is 0 Å². The number of ether oxygens (including phenoxy) is 1. The first-order chi connectivity index (χ1) is 5.76. The van der Waals surface area contributed by atoms with Crippen LogP contribution >= 0.6 is 0 Å². The molecule has 76 valence electrons. The van der Waals surface area contributed by atoms with Gasteiger partial charge in [-0.15, -0.1) is 0 Å². The molecule has 0 aliphatic carbocycles. The van der Waals surface area contributed by atoms with Crippen LogP contribution in [0.15, 0.2) is 0 Å². The molecule has 0 aromatic carbocycles. The van der Waals surface area contributed by atoms with Crippen LogP contribution in [0.1, 0.15) is 20.8 Å². The van der Waals surface area contributed by atoms with Gasteiger partial charge in [-0.3, -0.25) is 4.90 Å². The summed E-state index contributed by atoms with van der Waals surface area (Å²) in [5.41, 5.74) is 0. The fourth-order valence-corrected chi connectivity index (χ4v) is 0.770. The molecule has 3 nitrogen and oxygen atoms in total. The van der Waals surface area contributed by atoms with Crippen LogP contribution in [0.5, 0.6) is 0 Å². The van der Waals surface area contributed by atoms with Crippen molar-refractivity contribution in [3.05, 3.63) is 0 Å². The van der Waals surface area contributed by atoms with Gasteiger partial charge in [-0.1, -0.05) is 20.8 Å². The monoisotopic (exact) mass is 177 g/mol. The Morgan fingerprint density at radius 3 is 2.17 bits per heavy atom. The largest absolute Gasteiger partial charge is 0.395 e. The Labute approximate surface area is 76.3 Å². The van der Waals surface area contributed by atoms with E-state index in [0.29, 0.717) is 6.61 Å². The molecule has 0 saturated carbocycles. The standard InChI is InChI=1S/C7H17NO2.C2H6/c1-4-8(2)7(5-9)6-10-3;1-2/h7,9H,4-6H2,1-3H3;1-2H3. The molecule has 1 N–H and O–H groups in total. The van der Waals surface area contributed by atoms with Gasteiger partial charge in [-0.05, 0) is 13.6 Å². The minimum Gasteiger partial charge on any atom is -0.395 e. The quantitative estimate of drug-likeness (QED) is 0.679. The highest BCUT2D eigenvalue weighted by Gasteiger charge is 2.10. The second-order valence-corrected chi connectivity index (χ2v) is 2.36. The number of nitrogens with zero attached hydrogens (tertiary/aromatic N) is 1. The summed E-state index contributed by atoms with van der Waals surface area (Å²) in [5.74, 6) is 0.